The average molecular weight is 365 g/mol. The van der Waals surface area contributed by atoms with Crippen LogP contribution in [0, 0.1) is 5.82 Å². The normalized spacial score (nSPS) is 16.5. The van der Waals surface area contributed by atoms with Crippen LogP contribution in [0.5, 0.6) is 5.75 Å². The molecule has 1 aromatic rings. The van der Waals surface area contributed by atoms with Gasteiger partial charge in [-0.25, -0.2) is 4.39 Å². The lowest BCUT2D eigenvalue weighted by Gasteiger charge is -2.32. The number of piperidine rings is 1. The third-order valence-corrected chi connectivity index (χ3v) is 4.47. The van der Waals surface area contributed by atoms with E-state index in [4.69, 9.17) is 4.74 Å². The molecule has 1 aliphatic heterocycles. The summed E-state index contributed by atoms with van der Waals surface area (Å²) in [6.45, 7) is 9.97. The second kappa shape index (κ2) is 11.7. The number of hydrogen-bond acceptors (Lipinski definition) is 3. The zero-order chi connectivity index (χ0) is 18.6. The summed E-state index contributed by atoms with van der Waals surface area (Å²) < 4.78 is 18.5. The highest BCUT2D eigenvalue weighted by atomic mass is 19.1. The Balaban J connectivity index is 1.68. The highest BCUT2D eigenvalue weighted by Gasteiger charge is 2.19. The molecule has 1 fully saturated rings. The first kappa shape index (κ1) is 20.5. The fourth-order valence-electron chi connectivity index (χ4n) is 3.11. The van der Waals surface area contributed by atoms with E-state index in [-0.39, 0.29) is 5.82 Å². The Kier molecular flexibility index (Phi) is 9.24. The molecule has 0 bridgehead atoms. The van der Waals surface area contributed by atoms with Gasteiger partial charge in [0.15, 0.2) is 5.96 Å². The third-order valence-electron chi connectivity index (χ3n) is 4.47. The molecule has 1 aromatic carbocycles. The standard InChI is InChI=1S/C20H33FN4O/c1-3-13-25-14-10-18(11-15-25)24-20(22-4-2)23-12-5-16-26-19-8-6-17(21)7-9-19/h6-9,18H,3-5,10-16H2,1-2H3,(H2,22,23,24). The maximum absolute atomic E-state index is 12.9. The topological polar surface area (TPSA) is 48.9 Å². The monoisotopic (exact) mass is 364 g/mol. The van der Waals surface area contributed by atoms with Crippen LogP contribution < -0.4 is 15.4 Å². The SMILES string of the molecule is CCCN1CCC(NC(=NCCCOc2ccc(F)cc2)NCC)CC1. The molecule has 0 saturated carbocycles. The number of rotatable bonds is 9. The van der Waals surface area contributed by atoms with E-state index in [1.54, 1.807) is 12.1 Å². The zero-order valence-corrected chi connectivity index (χ0v) is 16.1. The van der Waals surface area contributed by atoms with Gasteiger partial charge < -0.3 is 20.3 Å². The van der Waals surface area contributed by atoms with Crippen molar-refractivity contribution in [2.24, 2.45) is 4.99 Å². The van der Waals surface area contributed by atoms with Crippen LogP contribution in [-0.4, -0.2) is 56.2 Å². The van der Waals surface area contributed by atoms with Crippen LogP contribution in [0.4, 0.5) is 4.39 Å². The van der Waals surface area contributed by atoms with Crippen LogP contribution in [0.1, 0.15) is 39.5 Å². The minimum absolute atomic E-state index is 0.246. The molecule has 5 nitrogen and oxygen atoms in total. The molecular weight excluding hydrogens is 331 g/mol. The Morgan fingerprint density at radius 3 is 2.62 bits per heavy atom. The molecule has 2 N–H and O–H groups in total. The maximum atomic E-state index is 12.9. The number of aliphatic imine (C=N–C) groups is 1. The summed E-state index contributed by atoms with van der Waals surface area (Å²) in [5, 5.41) is 6.89. The van der Waals surface area contributed by atoms with Gasteiger partial charge in [0.05, 0.1) is 6.61 Å². The molecule has 1 saturated heterocycles. The van der Waals surface area contributed by atoms with Gasteiger partial charge in [0.2, 0.25) is 0 Å². The van der Waals surface area contributed by atoms with Crippen molar-refractivity contribution in [3.8, 4) is 5.75 Å². The van der Waals surface area contributed by atoms with Crippen LogP contribution in [0.2, 0.25) is 0 Å². The first-order chi connectivity index (χ1) is 12.7. The Morgan fingerprint density at radius 1 is 1.23 bits per heavy atom. The zero-order valence-electron chi connectivity index (χ0n) is 16.1. The smallest absolute Gasteiger partial charge is 0.191 e. The summed E-state index contributed by atoms with van der Waals surface area (Å²) in [4.78, 5) is 7.19. The fraction of sp³-hybridized carbons (Fsp3) is 0.650. The van der Waals surface area contributed by atoms with Gasteiger partial charge in [0.1, 0.15) is 11.6 Å². The Labute approximate surface area is 157 Å². The van der Waals surface area contributed by atoms with Crippen molar-refractivity contribution in [1.82, 2.24) is 15.5 Å². The average Bonchev–Trinajstić information content (AvgIpc) is 2.65. The van der Waals surface area contributed by atoms with Gasteiger partial charge >= 0.3 is 0 Å². The van der Waals surface area contributed by atoms with E-state index in [1.165, 1.54) is 25.1 Å². The molecular formula is C20H33FN4O. The van der Waals surface area contributed by atoms with Crippen molar-refractivity contribution in [2.75, 3.05) is 39.3 Å². The number of ether oxygens (including phenoxy) is 1. The van der Waals surface area contributed by atoms with Crippen molar-refractivity contribution >= 4 is 5.96 Å². The Hall–Kier alpha value is -1.82. The van der Waals surface area contributed by atoms with E-state index in [1.807, 2.05) is 0 Å². The van der Waals surface area contributed by atoms with E-state index in [9.17, 15) is 4.39 Å². The van der Waals surface area contributed by atoms with E-state index in [0.717, 1.165) is 44.9 Å². The predicted octanol–water partition coefficient (Wildman–Crippen LogP) is 3.02. The van der Waals surface area contributed by atoms with Crippen molar-refractivity contribution in [1.29, 1.82) is 0 Å². The minimum Gasteiger partial charge on any atom is -0.494 e. The summed E-state index contributed by atoms with van der Waals surface area (Å²) in [6.07, 6.45) is 4.38. The number of hydrogen-bond donors (Lipinski definition) is 2. The number of guanidine groups is 1. The third kappa shape index (κ3) is 7.60. The van der Waals surface area contributed by atoms with Crippen molar-refractivity contribution < 1.29 is 9.13 Å². The molecule has 0 radical (unpaired) electrons. The van der Waals surface area contributed by atoms with Crippen molar-refractivity contribution in [2.45, 2.75) is 45.6 Å². The van der Waals surface area contributed by atoms with Crippen molar-refractivity contribution in [3.05, 3.63) is 30.1 Å². The fourth-order valence-corrected chi connectivity index (χ4v) is 3.11. The van der Waals surface area contributed by atoms with E-state index in [0.29, 0.717) is 24.9 Å². The second-order valence-corrected chi connectivity index (χ2v) is 6.68. The molecule has 0 amide bonds. The summed E-state index contributed by atoms with van der Waals surface area (Å²) in [7, 11) is 0. The molecule has 0 atom stereocenters. The largest absolute Gasteiger partial charge is 0.494 e. The van der Waals surface area contributed by atoms with Gasteiger partial charge in [0, 0.05) is 38.6 Å². The molecule has 1 aliphatic rings. The van der Waals surface area contributed by atoms with E-state index < -0.39 is 0 Å². The minimum atomic E-state index is -0.246. The lowest BCUT2D eigenvalue weighted by molar-refractivity contribution is 0.206. The van der Waals surface area contributed by atoms with Crippen LogP contribution in [-0.2, 0) is 0 Å². The first-order valence-electron chi connectivity index (χ1n) is 9.86. The highest BCUT2D eigenvalue weighted by Crippen LogP contribution is 2.12. The molecule has 1 heterocycles. The van der Waals surface area contributed by atoms with Gasteiger partial charge in [0.25, 0.3) is 0 Å². The van der Waals surface area contributed by atoms with Crippen LogP contribution in [0.15, 0.2) is 29.3 Å². The number of nitrogens with one attached hydrogen (secondary N) is 2. The Morgan fingerprint density at radius 2 is 1.96 bits per heavy atom. The lowest BCUT2D eigenvalue weighted by Crippen LogP contribution is -2.48. The van der Waals surface area contributed by atoms with E-state index >= 15 is 0 Å². The van der Waals surface area contributed by atoms with Gasteiger partial charge in [-0.15, -0.1) is 0 Å². The van der Waals surface area contributed by atoms with Gasteiger partial charge in [-0.3, -0.25) is 4.99 Å². The first-order valence-corrected chi connectivity index (χ1v) is 9.86. The maximum Gasteiger partial charge on any atom is 0.191 e. The summed E-state index contributed by atoms with van der Waals surface area (Å²) in [5.74, 6) is 1.34. The molecule has 0 aromatic heterocycles. The number of halogens is 1. The molecule has 2 rings (SSSR count). The number of nitrogens with zero attached hydrogens (tertiary/aromatic N) is 2. The van der Waals surface area contributed by atoms with Crippen LogP contribution in [0.25, 0.3) is 0 Å². The van der Waals surface area contributed by atoms with Gasteiger partial charge in [-0.1, -0.05) is 6.92 Å². The molecule has 146 valence electrons. The molecule has 0 aliphatic carbocycles. The van der Waals surface area contributed by atoms with Crippen LogP contribution >= 0.6 is 0 Å². The molecule has 0 unspecified atom stereocenters. The lowest BCUT2D eigenvalue weighted by atomic mass is 10.1. The van der Waals surface area contributed by atoms with Crippen molar-refractivity contribution in [3.63, 3.8) is 0 Å². The summed E-state index contributed by atoms with van der Waals surface area (Å²) >= 11 is 0. The van der Waals surface area contributed by atoms with E-state index in [2.05, 4.69) is 34.4 Å². The summed E-state index contributed by atoms with van der Waals surface area (Å²) in [6, 6.07) is 6.61. The number of likely N-dealkylation sites (tertiary alicyclic amines) is 1. The second-order valence-electron chi connectivity index (χ2n) is 6.68. The summed E-state index contributed by atoms with van der Waals surface area (Å²) in [5.41, 5.74) is 0. The quantitative estimate of drug-likeness (QED) is 0.402. The van der Waals surface area contributed by atoms with Gasteiger partial charge in [-0.05, 0) is 57.0 Å². The molecule has 6 heteroatoms. The Bertz CT molecular complexity index is 527. The number of benzene rings is 1. The molecule has 0 spiro atoms. The highest BCUT2D eigenvalue weighted by molar-refractivity contribution is 5.80. The molecule has 26 heavy (non-hydrogen) atoms. The van der Waals surface area contributed by atoms with Gasteiger partial charge in [-0.2, -0.15) is 0 Å². The predicted molar refractivity (Wildman–Crippen MR) is 105 cm³/mol. The van der Waals surface area contributed by atoms with Crippen LogP contribution in [0.3, 0.4) is 0 Å².